The zero-order valence-electron chi connectivity index (χ0n) is 9.90. The molecule has 0 amide bonds. The maximum atomic E-state index is 12.6. The van der Waals surface area contributed by atoms with Gasteiger partial charge in [0.05, 0.1) is 12.8 Å². The Hall–Kier alpha value is -2.24. The summed E-state index contributed by atoms with van der Waals surface area (Å²) >= 11 is 0. The number of hydrogen-bond donors (Lipinski definition) is 1. The third-order valence-corrected chi connectivity index (χ3v) is 2.46. The molecule has 1 heterocycles. The molecular formula is C13H10F3NO2. The van der Waals surface area contributed by atoms with Crippen LogP contribution in [0.15, 0.2) is 36.4 Å². The van der Waals surface area contributed by atoms with Gasteiger partial charge >= 0.3 is 6.18 Å². The average Bonchev–Trinajstić information content (AvgIpc) is 2.37. The second-order valence-electron chi connectivity index (χ2n) is 3.83. The van der Waals surface area contributed by atoms with E-state index in [4.69, 9.17) is 4.74 Å². The lowest BCUT2D eigenvalue weighted by atomic mass is 10.1. The Bertz CT molecular complexity index is 597. The molecule has 1 N–H and O–H groups in total. The predicted octanol–water partition coefficient (Wildman–Crippen LogP) is 3.48. The fourth-order valence-corrected chi connectivity index (χ4v) is 1.60. The molecular weight excluding hydrogens is 259 g/mol. The van der Waals surface area contributed by atoms with Crippen LogP contribution in [0.1, 0.15) is 5.69 Å². The SMILES string of the molecule is COc1cc(O)cc(-c2cccc(C(F)(F)F)n2)c1. The Morgan fingerprint density at radius 2 is 1.89 bits per heavy atom. The van der Waals surface area contributed by atoms with E-state index in [-0.39, 0.29) is 11.4 Å². The van der Waals surface area contributed by atoms with Crippen LogP contribution in [0.3, 0.4) is 0 Å². The number of rotatable bonds is 2. The number of phenolic OH excluding ortho intramolecular Hbond substituents is 1. The molecule has 6 heteroatoms. The zero-order chi connectivity index (χ0) is 14.0. The lowest BCUT2D eigenvalue weighted by Crippen LogP contribution is -2.07. The number of pyridine rings is 1. The summed E-state index contributed by atoms with van der Waals surface area (Å²) in [6.45, 7) is 0. The molecule has 0 atom stereocenters. The van der Waals surface area contributed by atoms with Crippen LogP contribution in [0.2, 0.25) is 0 Å². The molecule has 0 bridgehead atoms. The standard InChI is InChI=1S/C13H10F3NO2/c1-19-10-6-8(5-9(18)7-10)11-3-2-4-12(17-11)13(14,15)16/h2-7,18H,1H3. The van der Waals surface area contributed by atoms with Gasteiger partial charge < -0.3 is 9.84 Å². The number of phenols is 1. The third kappa shape index (κ3) is 2.96. The van der Waals surface area contributed by atoms with E-state index >= 15 is 0 Å². The number of halogens is 3. The van der Waals surface area contributed by atoms with Crippen molar-refractivity contribution in [3.05, 3.63) is 42.1 Å². The largest absolute Gasteiger partial charge is 0.508 e. The highest BCUT2D eigenvalue weighted by Crippen LogP contribution is 2.31. The van der Waals surface area contributed by atoms with Crippen molar-refractivity contribution >= 4 is 0 Å². The lowest BCUT2D eigenvalue weighted by molar-refractivity contribution is -0.141. The first-order chi connectivity index (χ1) is 8.90. The first-order valence-electron chi connectivity index (χ1n) is 5.33. The molecule has 1 aromatic carbocycles. The second kappa shape index (κ2) is 4.79. The van der Waals surface area contributed by atoms with E-state index in [0.717, 1.165) is 6.07 Å². The molecule has 0 saturated carbocycles. The summed E-state index contributed by atoms with van der Waals surface area (Å²) < 4.78 is 42.7. The Morgan fingerprint density at radius 1 is 1.16 bits per heavy atom. The number of hydrogen-bond acceptors (Lipinski definition) is 3. The van der Waals surface area contributed by atoms with Crippen molar-refractivity contribution in [2.75, 3.05) is 7.11 Å². The van der Waals surface area contributed by atoms with Crippen molar-refractivity contribution < 1.29 is 23.0 Å². The van der Waals surface area contributed by atoms with E-state index in [2.05, 4.69) is 4.98 Å². The molecule has 0 unspecified atom stereocenters. The Morgan fingerprint density at radius 3 is 2.53 bits per heavy atom. The molecule has 2 aromatic rings. The van der Waals surface area contributed by atoms with E-state index < -0.39 is 11.9 Å². The van der Waals surface area contributed by atoms with Crippen molar-refractivity contribution in [3.63, 3.8) is 0 Å². The topological polar surface area (TPSA) is 42.4 Å². The van der Waals surface area contributed by atoms with Gasteiger partial charge in [0.15, 0.2) is 0 Å². The molecule has 0 fully saturated rings. The average molecular weight is 269 g/mol. The van der Waals surface area contributed by atoms with Gasteiger partial charge in [0.25, 0.3) is 0 Å². The number of alkyl halides is 3. The van der Waals surface area contributed by atoms with Crippen molar-refractivity contribution in [1.29, 1.82) is 0 Å². The summed E-state index contributed by atoms with van der Waals surface area (Å²) in [5, 5.41) is 9.49. The highest BCUT2D eigenvalue weighted by atomic mass is 19.4. The molecule has 100 valence electrons. The van der Waals surface area contributed by atoms with Crippen LogP contribution in [0.25, 0.3) is 11.3 Å². The maximum absolute atomic E-state index is 12.6. The van der Waals surface area contributed by atoms with Crippen molar-refractivity contribution in [2.24, 2.45) is 0 Å². The quantitative estimate of drug-likeness (QED) is 0.907. The minimum atomic E-state index is -4.50. The van der Waals surface area contributed by atoms with E-state index in [1.54, 1.807) is 0 Å². The Kier molecular flexibility index (Phi) is 3.33. The van der Waals surface area contributed by atoms with Gasteiger partial charge in [-0.25, -0.2) is 4.98 Å². The fraction of sp³-hybridized carbons (Fsp3) is 0.154. The van der Waals surface area contributed by atoms with Crippen LogP contribution in [-0.4, -0.2) is 17.2 Å². The summed E-state index contributed by atoms with van der Waals surface area (Å²) in [6, 6.07) is 7.78. The number of methoxy groups -OCH3 is 1. The highest BCUT2D eigenvalue weighted by Gasteiger charge is 2.32. The van der Waals surface area contributed by atoms with Gasteiger partial charge in [0, 0.05) is 11.6 Å². The number of benzene rings is 1. The van der Waals surface area contributed by atoms with Gasteiger partial charge in [-0.3, -0.25) is 0 Å². The van der Waals surface area contributed by atoms with Gasteiger partial charge in [0.2, 0.25) is 0 Å². The Balaban J connectivity index is 2.50. The predicted molar refractivity (Wildman–Crippen MR) is 62.9 cm³/mol. The van der Waals surface area contributed by atoms with E-state index in [1.807, 2.05) is 0 Å². The van der Waals surface area contributed by atoms with Crippen LogP contribution < -0.4 is 4.74 Å². The lowest BCUT2D eigenvalue weighted by Gasteiger charge is -2.09. The molecule has 2 rings (SSSR count). The summed E-state index contributed by atoms with van der Waals surface area (Å²) in [5.41, 5.74) is -0.515. The minimum Gasteiger partial charge on any atom is -0.508 e. The van der Waals surface area contributed by atoms with Crippen LogP contribution in [0, 0.1) is 0 Å². The zero-order valence-corrected chi connectivity index (χ0v) is 9.90. The highest BCUT2D eigenvalue weighted by molar-refractivity contribution is 5.63. The second-order valence-corrected chi connectivity index (χ2v) is 3.83. The van der Waals surface area contributed by atoms with Gasteiger partial charge in [-0.1, -0.05) is 6.07 Å². The summed E-state index contributed by atoms with van der Waals surface area (Å²) in [6.07, 6.45) is -4.50. The minimum absolute atomic E-state index is 0.103. The molecule has 0 saturated heterocycles. The molecule has 0 aliphatic heterocycles. The summed E-state index contributed by atoms with van der Waals surface area (Å²) in [4.78, 5) is 3.54. The van der Waals surface area contributed by atoms with Crippen LogP contribution in [-0.2, 0) is 6.18 Å². The normalized spacial score (nSPS) is 11.4. The van der Waals surface area contributed by atoms with Gasteiger partial charge in [-0.2, -0.15) is 13.2 Å². The molecule has 19 heavy (non-hydrogen) atoms. The molecule has 0 spiro atoms. The molecule has 0 aliphatic carbocycles. The number of nitrogens with zero attached hydrogens (tertiary/aromatic N) is 1. The van der Waals surface area contributed by atoms with Gasteiger partial charge in [-0.05, 0) is 24.3 Å². The monoisotopic (exact) mass is 269 g/mol. The third-order valence-electron chi connectivity index (χ3n) is 2.46. The van der Waals surface area contributed by atoms with Gasteiger partial charge in [-0.15, -0.1) is 0 Å². The molecule has 1 aromatic heterocycles. The van der Waals surface area contributed by atoms with E-state index in [1.165, 1.54) is 37.4 Å². The van der Waals surface area contributed by atoms with Gasteiger partial charge in [0.1, 0.15) is 17.2 Å². The summed E-state index contributed by atoms with van der Waals surface area (Å²) in [5.74, 6) is 0.239. The summed E-state index contributed by atoms with van der Waals surface area (Å²) in [7, 11) is 1.40. The molecule has 0 aliphatic rings. The first-order valence-corrected chi connectivity index (χ1v) is 5.33. The van der Waals surface area contributed by atoms with E-state index in [9.17, 15) is 18.3 Å². The van der Waals surface area contributed by atoms with Crippen LogP contribution in [0.5, 0.6) is 11.5 Å². The number of ether oxygens (including phenoxy) is 1. The van der Waals surface area contributed by atoms with Crippen molar-refractivity contribution in [1.82, 2.24) is 4.98 Å². The van der Waals surface area contributed by atoms with Crippen LogP contribution in [0.4, 0.5) is 13.2 Å². The smallest absolute Gasteiger partial charge is 0.433 e. The number of aromatic nitrogens is 1. The van der Waals surface area contributed by atoms with E-state index in [0.29, 0.717) is 11.3 Å². The fourth-order valence-electron chi connectivity index (χ4n) is 1.60. The first kappa shape index (κ1) is 13.2. The maximum Gasteiger partial charge on any atom is 0.433 e. The van der Waals surface area contributed by atoms with Crippen molar-refractivity contribution in [3.8, 4) is 22.8 Å². The van der Waals surface area contributed by atoms with Crippen molar-refractivity contribution in [2.45, 2.75) is 6.18 Å². The molecule has 0 radical (unpaired) electrons. The Labute approximate surface area is 107 Å². The molecule has 3 nitrogen and oxygen atoms in total. The van der Waals surface area contributed by atoms with Crippen LogP contribution >= 0.6 is 0 Å². The number of aromatic hydroxyl groups is 1.